The number of nitrogens with zero attached hydrogens (tertiary/aromatic N) is 4. The van der Waals surface area contributed by atoms with E-state index in [1.807, 2.05) is 0 Å². The Morgan fingerprint density at radius 2 is 2.16 bits per heavy atom. The number of hydrogen-bond acceptors (Lipinski definition) is 5. The molecule has 3 aromatic heterocycles. The minimum Gasteiger partial charge on any atom is -0.301 e. The minimum absolute atomic E-state index is 0.275. The van der Waals surface area contributed by atoms with Crippen LogP contribution in [0.4, 0.5) is 5.13 Å². The second-order valence-corrected chi connectivity index (χ2v) is 8.00. The third kappa shape index (κ3) is 3.01. The van der Waals surface area contributed by atoms with E-state index in [0.29, 0.717) is 32.2 Å². The minimum atomic E-state index is -0.275. The van der Waals surface area contributed by atoms with E-state index in [1.165, 1.54) is 16.2 Å². The maximum absolute atomic E-state index is 12.8. The van der Waals surface area contributed by atoms with Crippen molar-refractivity contribution in [3.05, 3.63) is 44.3 Å². The maximum atomic E-state index is 12.8. The van der Waals surface area contributed by atoms with Crippen LogP contribution < -0.4 is 5.32 Å². The second kappa shape index (κ2) is 6.25. The Hall–Kier alpha value is -1.67. The molecule has 0 bridgehead atoms. The number of rotatable bonds is 2. The molecule has 0 atom stereocenters. The van der Waals surface area contributed by atoms with Gasteiger partial charge in [-0.15, -0.1) is 11.3 Å². The van der Waals surface area contributed by atoms with Crippen LogP contribution in [0, 0.1) is 6.92 Å². The molecule has 25 heavy (non-hydrogen) atoms. The fraction of sp³-hybridized carbons (Fsp3) is 0.312. The van der Waals surface area contributed by atoms with E-state index < -0.39 is 0 Å². The van der Waals surface area contributed by atoms with E-state index in [1.54, 1.807) is 23.6 Å². The number of thiazole rings is 1. The van der Waals surface area contributed by atoms with Crippen molar-refractivity contribution in [3.63, 3.8) is 0 Å². The first-order chi connectivity index (χ1) is 11.9. The smallest absolute Gasteiger partial charge is 0.276 e. The van der Waals surface area contributed by atoms with Crippen LogP contribution >= 0.6 is 34.5 Å². The zero-order valence-electron chi connectivity index (χ0n) is 13.6. The highest BCUT2D eigenvalue weighted by Crippen LogP contribution is 2.29. The number of pyridine rings is 1. The van der Waals surface area contributed by atoms with Gasteiger partial charge in [0.25, 0.3) is 5.91 Å². The molecule has 6 nitrogen and oxygen atoms in total. The molecule has 0 radical (unpaired) electrons. The molecule has 4 rings (SSSR count). The highest BCUT2D eigenvalue weighted by atomic mass is 35.5. The number of aromatic nitrogens is 3. The van der Waals surface area contributed by atoms with Crippen molar-refractivity contribution in [3.8, 4) is 0 Å². The number of aryl methyl sites for hydroxylation is 1. The van der Waals surface area contributed by atoms with Crippen molar-refractivity contribution in [1.29, 1.82) is 0 Å². The predicted octanol–water partition coefficient (Wildman–Crippen LogP) is 3.65. The van der Waals surface area contributed by atoms with Crippen molar-refractivity contribution in [2.45, 2.75) is 19.9 Å². The van der Waals surface area contributed by atoms with Crippen molar-refractivity contribution >= 4 is 51.2 Å². The molecule has 0 aliphatic carbocycles. The Morgan fingerprint density at radius 1 is 1.36 bits per heavy atom. The normalized spacial score (nSPS) is 14.7. The standard InChI is InChI=1S/C16H15Cl2N5OS/c1-8-13(23-6-9(17)5-10(18)14(23)19-8)15(24)21-16-20-11-3-4-22(2)7-12(11)25-16/h5-6H,3-4,7H2,1-2H3,(H,20,21,24). The molecular formula is C16H15Cl2N5OS. The molecule has 1 aliphatic rings. The van der Waals surface area contributed by atoms with E-state index in [2.05, 4.69) is 27.2 Å². The number of hydrogen-bond donors (Lipinski definition) is 1. The van der Waals surface area contributed by atoms with Crippen LogP contribution in [0.25, 0.3) is 5.65 Å². The number of imidazole rings is 1. The summed E-state index contributed by atoms with van der Waals surface area (Å²) in [5.41, 5.74) is 2.57. The Kier molecular flexibility index (Phi) is 4.19. The second-order valence-electron chi connectivity index (χ2n) is 6.08. The SMILES string of the molecule is Cc1nc2c(Cl)cc(Cl)cn2c1C(=O)Nc1nc2c(s1)CN(C)CC2. The number of fused-ring (bicyclic) bond motifs is 2. The largest absolute Gasteiger partial charge is 0.301 e. The number of likely N-dealkylation sites (N-methyl/N-ethyl adjacent to an activating group) is 1. The Bertz CT molecular complexity index is 996. The van der Waals surface area contributed by atoms with Gasteiger partial charge in [0.15, 0.2) is 10.8 Å². The van der Waals surface area contributed by atoms with Gasteiger partial charge < -0.3 is 4.90 Å². The molecule has 9 heteroatoms. The van der Waals surface area contributed by atoms with Crippen LogP contribution in [-0.4, -0.2) is 38.8 Å². The molecule has 130 valence electrons. The zero-order chi connectivity index (χ0) is 17.7. The average molecular weight is 396 g/mol. The maximum Gasteiger partial charge on any atom is 0.276 e. The number of anilines is 1. The first-order valence-corrected chi connectivity index (χ1v) is 9.32. The molecular weight excluding hydrogens is 381 g/mol. The van der Waals surface area contributed by atoms with Crippen LogP contribution in [0.5, 0.6) is 0 Å². The van der Waals surface area contributed by atoms with Crippen LogP contribution in [-0.2, 0) is 13.0 Å². The van der Waals surface area contributed by atoms with Crippen LogP contribution in [0.15, 0.2) is 12.3 Å². The summed E-state index contributed by atoms with van der Waals surface area (Å²) in [7, 11) is 2.08. The predicted molar refractivity (Wildman–Crippen MR) is 100 cm³/mol. The Morgan fingerprint density at radius 3 is 2.96 bits per heavy atom. The molecule has 0 saturated carbocycles. The van der Waals surface area contributed by atoms with Gasteiger partial charge in [-0.05, 0) is 20.0 Å². The molecule has 0 unspecified atom stereocenters. The van der Waals surface area contributed by atoms with Crippen LogP contribution in [0.2, 0.25) is 10.0 Å². The summed E-state index contributed by atoms with van der Waals surface area (Å²) in [6.45, 7) is 3.62. The molecule has 0 saturated heterocycles. The Labute approximate surface area is 158 Å². The number of halogens is 2. The van der Waals surface area contributed by atoms with Gasteiger partial charge in [-0.25, -0.2) is 9.97 Å². The lowest BCUT2D eigenvalue weighted by atomic mass is 10.2. The first-order valence-electron chi connectivity index (χ1n) is 7.74. The van der Waals surface area contributed by atoms with Crippen LogP contribution in [0.1, 0.15) is 26.8 Å². The fourth-order valence-electron chi connectivity index (χ4n) is 2.99. The van der Waals surface area contributed by atoms with Gasteiger partial charge in [-0.1, -0.05) is 23.2 Å². The quantitative estimate of drug-likeness (QED) is 0.719. The summed E-state index contributed by atoms with van der Waals surface area (Å²) >= 11 is 13.8. The fourth-order valence-corrected chi connectivity index (χ4v) is 4.59. The molecule has 1 aliphatic heterocycles. The van der Waals surface area contributed by atoms with Gasteiger partial charge in [0, 0.05) is 30.6 Å². The van der Waals surface area contributed by atoms with Gasteiger partial charge in [0.2, 0.25) is 0 Å². The van der Waals surface area contributed by atoms with Gasteiger partial charge >= 0.3 is 0 Å². The lowest BCUT2D eigenvalue weighted by Gasteiger charge is -2.20. The van der Waals surface area contributed by atoms with E-state index in [0.717, 1.165) is 25.2 Å². The molecule has 3 aromatic rings. The topological polar surface area (TPSA) is 62.5 Å². The Balaban J connectivity index is 1.68. The lowest BCUT2D eigenvalue weighted by Crippen LogP contribution is -2.25. The molecule has 0 spiro atoms. The summed E-state index contributed by atoms with van der Waals surface area (Å²) in [6, 6.07) is 1.61. The van der Waals surface area contributed by atoms with E-state index >= 15 is 0 Å². The summed E-state index contributed by atoms with van der Waals surface area (Å²) in [5, 5.41) is 4.34. The van der Waals surface area contributed by atoms with Gasteiger partial charge in [0.05, 0.1) is 21.4 Å². The summed E-state index contributed by atoms with van der Waals surface area (Å²) in [5.74, 6) is -0.275. The van der Waals surface area contributed by atoms with Crippen molar-refractivity contribution in [2.75, 3.05) is 18.9 Å². The number of amides is 1. The summed E-state index contributed by atoms with van der Waals surface area (Å²) in [6.07, 6.45) is 2.54. The first kappa shape index (κ1) is 16.8. The van der Waals surface area contributed by atoms with E-state index in [4.69, 9.17) is 23.2 Å². The lowest BCUT2D eigenvalue weighted by molar-refractivity contribution is 0.102. The van der Waals surface area contributed by atoms with Crippen molar-refractivity contribution in [2.24, 2.45) is 0 Å². The van der Waals surface area contributed by atoms with E-state index in [-0.39, 0.29) is 5.91 Å². The van der Waals surface area contributed by atoms with Crippen molar-refractivity contribution < 1.29 is 4.79 Å². The van der Waals surface area contributed by atoms with Gasteiger partial charge in [0.1, 0.15) is 5.69 Å². The molecule has 1 amide bonds. The summed E-state index contributed by atoms with van der Waals surface area (Å²) < 4.78 is 1.62. The van der Waals surface area contributed by atoms with Gasteiger partial charge in [-0.3, -0.25) is 14.5 Å². The highest BCUT2D eigenvalue weighted by Gasteiger charge is 2.22. The molecule has 0 fully saturated rings. The third-order valence-electron chi connectivity index (χ3n) is 4.17. The molecule has 0 aromatic carbocycles. The third-order valence-corrected chi connectivity index (χ3v) is 5.66. The van der Waals surface area contributed by atoms with Crippen LogP contribution in [0.3, 0.4) is 0 Å². The monoisotopic (exact) mass is 395 g/mol. The molecule has 4 heterocycles. The highest BCUT2D eigenvalue weighted by molar-refractivity contribution is 7.15. The number of nitrogens with one attached hydrogen (secondary N) is 1. The van der Waals surface area contributed by atoms with E-state index in [9.17, 15) is 4.79 Å². The number of carbonyl (C=O) groups excluding carboxylic acids is 1. The average Bonchev–Trinajstić information content (AvgIpc) is 3.06. The number of carbonyl (C=O) groups is 1. The summed E-state index contributed by atoms with van der Waals surface area (Å²) in [4.78, 5) is 25.2. The van der Waals surface area contributed by atoms with Crippen molar-refractivity contribution in [1.82, 2.24) is 19.3 Å². The zero-order valence-corrected chi connectivity index (χ0v) is 16.0. The van der Waals surface area contributed by atoms with Gasteiger partial charge in [-0.2, -0.15) is 0 Å². The molecule has 1 N–H and O–H groups in total.